The molecule has 0 fully saturated rings. The Kier molecular flexibility index (Phi) is 5.01. The molecule has 0 spiro atoms. The van der Waals surface area contributed by atoms with Crippen molar-refractivity contribution in [2.24, 2.45) is 0 Å². The van der Waals surface area contributed by atoms with E-state index < -0.39 is 0 Å². The number of carbonyl (C=O) groups excluding carboxylic acids is 1. The third-order valence-electron chi connectivity index (χ3n) is 2.67. The van der Waals surface area contributed by atoms with E-state index in [-0.39, 0.29) is 5.91 Å². The summed E-state index contributed by atoms with van der Waals surface area (Å²) in [4.78, 5) is 18.8. The molecule has 0 unspecified atom stereocenters. The Morgan fingerprint density at radius 3 is 2.90 bits per heavy atom. The number of nitrogens with zero attached hydrogens (tertiary/aromatic N) is 2. The van der Waals surface area contributed by atoms with Gasteiger partial charge in [0.2, 0.25) is 0 Å². The number of nitriles is 1. The van der Waals surface area contributed by atoms with E-state index >= 15 is 0 Å². The van der Waals surface area contributed by atoms with Gasteiger partial charge in [-0.05, 0) is 24.3 Å². The van der Waals surface area contributed by atoms with Crippen molar-refractivity contribution in [3.8, 4) is 6.07 Å². The lowest BCUT2D eigenvalue weighted by atomic mass is 10.3. The summed E-state index contributed by atoms with van der Waals surface area (Å²) in [6.45, 7) is 0.956. The van der Waals surface area contributed by atoms with Crippen LogP contribution >= 0.6 is 12.2 Å². The highest BCUT2D eigenvalue weighted by molar-refractivity contribution is 7.71. The van der Waals surface area contributed by atoms with Crippen LogP contribution in [-0.4, -0.2) is 29.0 Å². The third-order valence-corrected chi connectivity index (χ3v) is 3.01. The van der Waals surface area contributed by atoms with E-state index in [0.717, 1.165) is 0 Å². The van der Waals surface area contributed by atoms with E-state index in [2.05, 4.69) is 20.6 Å². The molecule has 6 nitrogen and oxygen atoms in total. The number of aromatic nitrogens is 2. The highest BCUT2D eigenvalue weighted by Gasteiger charge is 2.05. The van der Waals surface area contributed by atoms with Crippen molar-refractivity contribution in [2.75, 3.05) is 18.4 Å². The maximum Gasteiger partial charge on any atom is 0.254 e. The van der Waals surface area contributed by atoms with E-state index in [1.54, 1.807) is 30.5 Å². The minimum atomic E-state index is -0.216. The number of rotatable bonds is 5. The summed E-state index contributed by atoms with van der Waals surface area (Å²) in [7, 11) is 0. The molecular weight excluding hydrogens is 286 g/mol. The first-order valence-corrected chi connectivity index (χ1v) is 6.67. The molecule has 0 aliphatic heterocycles. The molecule has 0 saturated heterocycles. The van der Waals surface area contributed by atoms with Gasteiger partial charge < -0.3 is 15.6 Å². The zero-order valence-corrected chi connectivity index (χ0v) is 11.9. The highest BCUT2D eigenvalue weighted by Crippen LogP contribution is 2.03. The summed E-state index contributed by atoms with van der Waals surface area (Å²) in [5.41, 5.74) is 0.955. The first-order chi connectivity index (χ1) is 10.2. The number of pyridine rings is 2. The number of nitrogens with one attached hydrogen (secondary N) is 3. The van der Waals surface area contributed by atoms with Crippen LogP contribution in [0.4, 0.5) is 5.82 Å². The molecule has 106 valence electrons. The van der Waals surface area contributed by atoms with Crippen LogP contribution in [0.2, 0.25) is 0 Å². The molecule has 2 heterocycles. The second kappa shape index (κ2) is 7.17. The Morgan fingerprint density at radius 2 is 2.24 bits per heavy atom. The first kappa shape index (κ1) is 14.7. The monoisotopic (exact) mass is 299 g/mol. The van der Waals surface area contributed by atoms with Crippen molar-refractivity contribution in [3.05, 3.63) is 52.4 Å². The number of hydrogen-bond donors (Lipinski definition) is 3. The van der Waals surface area contributed by atoms with Gasteiger partial charge in [0.15, 0.2) is 0 Å². The van der Waals surface area contributed by atoms with Gasteiger partial charge in [-0.25, -0.2) is 4.98 Å². The topological polar surface area (TPSA) is 93.6 Å². The van der Waals surface area contributed by atoms with Gasteiger partial charge in [0.05, 0.1) is 11.1 Å². The molecule has 0 radical (unpaired) electrons. The van der Waals surface area contributed by atoms with Gasteiger partial charge in [-0.1, -0.05) is 12.2 Å². The molecule has 2 rings (SSSR count). The Morgan fingerprint density at radius 1 is 1.38 bits per heavy atom. The molecule has 0 aliphatic rings. The molecule has 21 heavy (non-hydrogen) atoms. The van der Waals surface area contributed by atoms with E-state index in [4.69, 9.17) is 17.5 Å². The number of carbonyl (C=O) groups is 1. The second-order valence-corrected chi connectivity index (χ2v) is 4.55. The quantitative estimate of drug-likeness (QED) is 0.578. The summed E-state index contributed by atoms with van der Waals surface area (Å²) >= 11 is 5.04. The zero-order valence-electron chi connectivity index (χ0n) is 11.1. The molecular formula is C14H13N5OS. The Hall–Kier alpha value is -2.72. The van der Waals surface area contributed by atoms with Crippen LogP contribution in [0.25, 0.3) is 0 Å². The predicted molar refractivity (Wildman–Crippen MR) is 81.4 cm³/mol. The number of anilines is 1. The average molecular weight is 299 g/mol. The van der Waals surface area contributed by atoms with Crippen molar-refractivity contribution in [2.45, 2.75) is 0 Å². The summed E-state index contributed by atoms with van der Waals surface area (Å²) < 4.78 is 0.414. The van der Waals surface area contributed by atoms with Crippen LogP contribution in [0.1, 0.15) is 15.9 Å². The molecule has 0 aromatic carbocycles. The van der Waals surface area contributed by atoms with Crippen LogP contribution in [-0.2, 0) is 0 Å². The Balaban J connectivity index is 1.79. The minimum Gasteiger partial charge on any atom is -0.368 e. The third kappa shape index (κ3) is 4.12. The maximum absolute atomic E-state index is 11.9. The number of H-pyrrole nitrogens is 1. The maximum atomic E-state index is 11.9. The average Bonchev–Trinajstić information content (AvgIpc) is 2.52. The molecule has 2 aromatic rings. The Labute approximate surface area is 126 Å². The molecule has 0 atom stereocenters. The van der Waals surface area contributed by atoms with E-state index in [1.165, 1.54) is 6.20 Å². The molecule has 0 bridgehead atoms. The van der Waals surface area contributed by atoms with Crippen molar-refractivity contribution in [1.29, 1.82) is 5.26 Å². The number of amides is 1. The predicted octanol–water partition coefficient (Wildman–Crippen LogP) is 1.85. The lowest BCUT2D eigenvalue weighted by molar-refractivity contribution is 0.0954. The molecule has 0 saturated carbocycles. The smallest absolute Gasteiger partial charge is 0.254 e. The molecule has 3 N–H and O–H groups in total. The largest absolute Gasteiger partial charge is 0.368 e. The van der Waals surface area contributed by atoms with Gasteiger partial charge in [-0.3, -0.25) is 4.79 Å². The second-order valence-electron chi connectivity index (χ2n) is 4.14. The lowest BCUT2D eigenvalue weighted by Crippen LogP contribution is -2.29. The van der Waals surface area contributed by atoms with Gasteiger partial charge in [0, 0.05) is 25.5 Å². The van der Waals surface area contributed by atoms with Gasteiger partial charge >= 0.3 is 0 Å². The fourth-order valence-electron chi connectivity index (χ4n) is 1.63. The number of hydrogen-bond acceptors (Lipinski definition) is 5. The fourth-order valence-corrected chi connectivity index (χ4v) is 1.86. The molecule has 2 aromatic heterocycles. The van der Waals surface area contributed by atoms with Crippen molar-refractivity contribution >= 4 is 23.9 Å². The van der Waals surface area contributed by atoms with Gasteiger partial charge in [-0.2, -0.15) is 5.26 Å². The first-order valence-electron chi connectivity index (χ1n) is 6.26. The van der Waals surface area contributed by atoms with Crippen LogP contribution in [0.5, 0.6) is 0 Å². The molecule has 0 aliphatic carbocycles. The van der Waals surface area contributed by atoms with Gasteiger partial charge in [0.25, 0.3) is 5.91 Å². The SMILES string of the molecule is N#Cc1ccc(NCCNC(=O)c2ccc[nH]c2=S)nc1. The summed E-state index contributed by atoms with van der Waals surface area (Å²) in [6.07, 6.45) is 3.17. The summed E-state index contributed by atoms with van der Waals surface area (Å²) in [6, 6.07) is 8.79. The molecule has 1 amide bonds. The fraction of sp³-hybridized carbons (Fsp3) is 0.143. The normalized spacial score (nSPS) is 9.67. The van der Waals surface area contributed by atoms with Gasteiger partial charge in [-0.15, -0.1) is 0 Å². The van der Waals surface area contributed by atoms with Crippen LogP contribution in [0.3, 0.4) is 0 Å². The van der Waals surface area contributed by atoms with E-state index in [9.17, 15) is 4.79 Å². The number of aromatic amines is 1. The van der Waals surface area contributed by atoms with E-state index in [1.807, 2.05) is 6.07 Å². The van der Waals surface area contributed by atoms with Crippen molar-refractivity contribution in [3.63, 3.8) is 0 Å². The Bertz CT molecular complexity index is 717. The van der Waals surface area contributed by atoms with Crippen LogP contribution < -0.4 is 10.6 Å². The highest BCUT2D eigenvalue weighted by atomic mass is 32.1. The summed E-state index contributed by atoms with van der Waals surface area (Å²) in [5.74, 6) is 0.437. The lowest BCUT2D eigenvalue weighted by Gasteiger charge is -2.07. The van der Waals surface area contributed by atoms with Gasteiger partial charge in [0.1, 0.15) is 16.5 Å². The van der Waals surface area contributed by atoms with Crippen molar-refractivity contribution in [1.82, 2.24) is 15.3 Å². The van der Waals surface area contributed by atoms with Crippen molar-refractivity contribution < 1.29 is 4.79 Å². The van der Waals surface area contributed by atoms with Crippen LogP contribution in [0.15, 0.2) is 36.7 Å². The standard InChI is InChI=1S/C14H13N5OS/c15-8-10-3-4-12(19-9-10)16-6-7-17-13(20)11-2-1-5-18-14(11)21/h1-5,9H,6-7H2,(H,16,19)(H,17,20)(H,18,21). The van der Waals surface area contributed by atoms with E-state index in [0.29, 0.717) is 34.7 Å². The minimum absolute atomic E-state index is 0.216. The van der Waals surface area contributed by atoms with Crippen LogP contribution in [0, 0.1) is 16.0 Å². The molecule has 7 heteroatoms. The zero-order chi connectivity index (χ0) is 15.1. The summed E-state index contributed by atoms with van der Waals surface area (Å²) in [5, 5.41) is 14.5.